The maximum Gasteiger partial charge on any atom is 0.317 e. The summed E-state index contributed by atoms with van der Waals surface area (Å²) in [5.74, 6) is 0.796. The Morgan fingerprint density at radius 1 is 1.09 bits per heavy atom. The van der Waals surface area contributed by atoms with E-state index in [0.29, 0.717) is 6.54 Å². The molecule has 0 aromatic heterocycles. The van der Waals surface area contributed by atoms with Crippen LogP contribution >= 0.6 is 0 Å². The van der Waals surface area contributed by atoms with Gasteiger partial charge in [-0.2, -0.15) is 0 Å². The van der Waals surface area contributed by atoms with Crippen molar-refractivity contribution in [2.75, 3.05) is 26.7 Å². The summed E-state index contributed by atoms with van der Waals surface area (Å²) in [6.07, 6.45) is 14.9. The van der Waals surface area contributed by atoms with Crippen LogP contribution in [0.2, 0.25) is 0 Å². The molecule has 1 aliphatic heterocycles. The average molecular weight is 472 g/mol. The predicted molar refractivity (Wildman–Crippen MR) is 141 cm³/mol. The van der Waals surface area contributed by atoms with Crippen molar-refractivity contribution in [3.05, 3.63) is 35.9 Å². The number of benzene rings is 1. The highest BCUT2D eigenvalue weighted by atomic mass is 16.3. The first kappa shape index (κ1) is 27.0. The molecule has 3 atom stereocenters. The highest BCUT2D eigenvalue weighted by Crippen LogP contribution is 2.40. The average Bonchev–Trinajstić information content (AvgIpc) is 2.88. The molecule has 34 heavy (non-hydrogen) atoms. The Kier molecular flexibility index (Phi) is 11.2. The Morgan fingerprint density at radius 2 is 1.85 bits per heavy atom. The molecule has 5 nitrogen and oxygen atoms in total. The third-order valence-electron chi connectivity index (χ3n) is 8.19. The number of hydrogen-bond acceptors (Lipinski definition) is 3. The van der Waals surface area contributed by atoms with Gasteiger partial charge < -0.3 is 20.6 Å². The topological polar surface area (TPSA) is 64.6 Å². The molecule has 2 aliphatic rings. The van der Waals surface area contributed by atoms with Gasteiger partial charge >= 0.3 is 6.03 Å². The van der Waals surface area contributed by atoms with Gasteiger partial charge in [-0.1, -0.05) is 95.0 Å². The lowest BCUT2D eigenvalue weighted by Gasteiger charge is -2.43. The minimum atomic E-state index is -0.875. The highest BCUT2D eigenvalue weighted by Gasteiger charge is 2.41. The lowest BCUT2D eigenvalue weighted by atomic mass is 9.74. The van der Waals surface area contributed by atoms with E-state index in [1.54, 1.807) is 0 Å². The number of likely N-dealkylation sites (tertiary alicyclic amines) is 1. The number of carbonyl (C=O) groups excluding carboxylic acids is 1. The van der Waals surface area contributed by atoms with Crippen LogP contribution in [-0.2, 0) is 5.60 Å². The number of carbonyl (C=O) groups is 1. The normalized spacial score (nSPS) is 22.2. The van der Waals surface area contributed by atoms with E-state index in [1.807, 2.05) is 30.1 Å². The van der Waals surface area contributed by atoms with Crippen LogP contribution in [0.15, 0.2) is 30.3 Å². The van der Waals surface area contributed by atoms with Gasteiger partial charge in [0.05, 0.1) is 5.60 Å². The second kappa shape index (κ2) is 14.1. The van der Waals surface area contributed by atoms with Crippen LogP contribution in [0.25, 0.3) is 0 Å². The fourth-order valence-corrected chi connectivity index (χ4v) is 6.21. The van der Waals surface area contributed by atoms with Gasteiger partial charge in [-0.3, -0.25) is 0 Å². The molecule has 1 saturated carbocycles. The fraction of sp³-hybridized carbons (Fsp3) is 0.759. The smallest absolute Gasteiger partial charge is 0.317 e. The molecule has 5 heteroatoms. The molecule has 1 aliphatic carbocycles. The number of nitrogens with one attached hydrogen (secondary N) is 2. The lowest BCUT2D eigenvalue weighted by molar-refractivity contribution is -0.0557. The zero-order valence-corrected chi connectivity index (χ0v) is 21.7. The molecule has 0 spiro atoms. The standard InChI is InChI=1S/C29H49N3O2/c1-3-4-5-12-19-29(34,25-16-10-7-11-17-25)26-18-13-20-32(23-26)28(33)31-27(22-30-2)21-24-14-8-6-9-15-24/h7,10-11,16-17,24,26-27,30,34H,3-6,8-9,12-15,18-23H2,1-2H3,(H,31,33)/t26-,27+,29-/m1/s1. The first-order valence-electron chi connectivity index (χ1n) is 14.0. The molecule has 2 amide bonds. The van der Waals surface area contributed by atoms with Crippen molar-refractivity contribution < 1.29 is 9.90 Å². The Morgan fingerprint density at radius 3 is 2.56 bits per heavy atom. The molecule has 192 valence electrons. The zero-order valence-electron chi connectivity index (χ0n) is 21.7. The number of unbranched alkanes of at least 4 members (excludes halogenated alkanes) is 3. The van der Waals surface area contributed by atoms with Crippen molar-refractivity contribution >= 4 is 6.03 Å². The van der Waals surface area contributed by atoms with Crippen molar-refractivity contribution in [1.82, 2.24) is 15.5 Å². The number of hydrogen-bond donors (Lipinski definition) is 3. The molecule has 0 radical (unpaired) electrons. The van der Waals surface area contributed by atoms with E-state index < -0.39 is 5.60 Å². The molecular formula is C29H49N3O2. The summed E-state index contributed by atoms with van der Waals surface area (Å²) in [5.41, 5.74) is 0.129. The third-order valence-corrected chi connectivity index (χ3v) is 8.19. The molecule has 3 N–H and O–H groups in total. The van der Waals surface area contributed by atoms with Crippen LogP contribution in [0.1, 0.15) is 96.0 Å². The number of urea groups is 1. The predicted octanol–water partition coefficient (Wildman–Crippen LogP) is 5.82. The van der Waals surface area contributed by atoms with Crippen LogP contribution in [0.3, 0.4) is 0 Å². The quantitative estimate of drug-likeness (QED) is 0.336. The minimum absolute atomic E-state index is 0.0437. The number of likely N-dealkylation sites (N-methyl/N-ethyl adjacent to an activating group) is 1. The van der Waals surface area contributed by atoms with Gasteiger partial charge in [0.1, 0.15) is 0 Å². The number of aliphatic hydroxyl groups is 1. The molecule has 2 fully saturated rings. The Labute approximate surface area is 208 Å². The van der Waals surface area contributed by atoms with Crippen LogP contribution in [-0.4, -0.2) is 48.8 Å². The Bertz CT molecular complexity index is 707. The van der Waals surface area contributed by atoms with Crippen LogP contribution in [0.4, 0.5) is 4.79 Å². The lowest BCUT2D eigenvalue weighted by Crippen LogP contribution is -2.54. The second-order valence-corrected chi connectivity index (χ2v) is 10.8. The molecule has 1 saturated heterocycles. The van der Waals surface area contributed by atoms with Crippen molar-refractivity contribution in [2.45, 2.75) is 102 Å². The molecule has 1 heterocycles. The van der Waals surface area contributed by atoms with Gasteiger partial charge in [0.15, 0.2) is 0 Å². The summed E-state index contributed by atoms with van der Waals surface area (Å²) in [6, 6.07) is 10.4. The van der Waals surface area contributed by atoms with E-state index in [1.165, 1.54) is 44.9 Å². The number of amides is 2. The summed E-state index contributed by atoms with van der Waals surface area (Å²) in [4.78, 5) is 15.3. The van der Waals surface area contributed by atoms with E-state index in [-0.39, 0.29) is 18.0 Å². The van der Waals surface area contributed by atoms with Crippen molar-refractivity contribution in [3.8, 4) is 0 Å². The van der Waals surface area contributed by atoms with Gasteiger partial charge in [-0.25, -0.2) is 4.79 Å². The highest BCUT2D eigenvalue weighted by molar-refractivity contribution is 5.74. The van der Waals surface area contributed by atoms with Crippen molar-refractivity contribution in [2.24, 2.45) is 11.8 Å². The van der Waals surface area contributed by atoms with E-state index in [4.69, 9.17) is 0 Å². The first-order valence-corrected chi connectivity index (χ1v) is 14.0. The van der Waals surface area contributed by atoms with Crippen LogP contribution in [0.5, 0.6) is 0 Å². The summed E-state index contributed by atoms with van der Waals surface area (Å²) in [5, 5.41) is 18.7. The largest absolute Gasteiger partial charge is 0.385 e. The maximum atomic E-state index is 13.3. The summed E-state index contributed by atoms with van der Waals surface area (Å²) >= 11 is 0. The fourth-order valence-electron chi connectivity index (χ4n) is 6.21. The molecule has 1 aromatic carbocycles. The second-order valence-electron chi connectivity index (χ2n) is 10.8. The van der Waals surface area contributed by atoms with Gasteiger partial charge in [0.25, 0.3) is 0 Å². The minimum Gasteiger partial charge on any atom is -0.385 e. The number of rotatable bonds is 12. The SMILES string of the molecule is CCCCCC[C@@](O)(c1ccccc1)[C@@H]1CCCN(C(=O)N[C@H](CNC)CC2CCCCC2)C1. The van der Waals surface area contributed by atoms with Gasteiger partial charge in [-0.15, -0.1) is 0 Å². The summed E-state index contributed by atoms with van der Waals surface area (Å²) in [6.45, 7) is 4.43. The first-order chi connectivity index (χ1) is 16.6. The molecule has 0 bridgehead atoms. The monoisotopic (exact) mass is 471 g/mol. The number of piperidine rings is 1. The van der Waals surface area contributed by atoms with E-state index in [2.05, 4.69) is 29.7 Å². The van der Waals surface area contributed by atoms with E-state index in [0.717, 1.165) is 63.1 Å². The molecular weight excluding hydrogens is 422 g/mol. The van der Waals surface area contributed by atoms with E-state index >= 15 is 0 Å². The van der Waals surface area contributed by atoms with Gasteiger partial charge in [-0.05, 0) is 44.2 Å². The molecule has 1 aromatic rings. The molecule has 0 unspecified atom stereocenters. The number of nitrogens with zero attached hydrogens (tertiary/aromatic N) is 1. The van der Waals surface area contributed by atoms with Crippen molar-refractivity contribution in [1.29, 1.82) is 0 Å². The van der Waals surface area contributed by atoms with Crippen LogP contribution in [0, 0.1) is 11.8 Å². The van der Waals surface area contributed by atoms with E-state index in [9.17, 15) is 9.90 Å². The third kappa shape index (κ3) is 7.71. The summed E-state index contributed by atoms with van der Waals surface area (Å²) < 4.78 is 0. The molecule has 3 rings (SSSR count). The van der Waals surface area contributed by atoms with Gasteiger partial charge in [0, 0.05) is 31.6 Å². The van der Waals surface area contributed by atoms with Crippen molar-refractivity contribution in [3.63, 3.8) is 0 Å². The Balaban J connectivity index is 1.64. The Hall–Kier alpha value is -1.59. The maximum absolute atomic E-state index is 13.3. The van der Waals surface area contributed by atoms with Gasteiger partial charge in [0.2, 0.25) is 0 Å². The summed E-state index contributed by atoms with van der Waals surface area (Å²) in [7, 11) is 1.97. The van der Waals surface area contributed by atoms with Crippen LogP contribution < -0.4 is 10.6 Å². The zero-order chi connectivity index (χ0) is 24.2.